The van der Waals surface area contributed by atoms with Crippen LogP contribution in [0.3, 0.4) is 0 Å². The Bertz CT molecular complexity index is 844. The molecular weight excluding hydrogens is 364 g/mol. The zero-order valence-electron chi connectivity index (χ0n) is 13.9. The van der Waals surface area contributed by atoms with Crippen LogP contribution in [0, 0.1) is 11.6 Å². The van der Waals surface area contributed by atoms with Crippen LogP contribution in [0.4, 0.5) is 8.78 Å². The maximum atomic E-state index is 13.8. The average Bonchev–Trinajstić information content (AvgIpc) is 2.65. The molecule has 1 aliphatic rings. The van der Waals surface area contributed by atoms with E-state index in [-0.39, 0.29) is 12.6 Å². The molecular formula is C17H19F2N3O3S. The van der Waals surface area contributed by atoms with Gasteiger partial charge in [0.25, 0.3) is 0 Å². The van der Waals surface area contributed by atoms with Gasteiger partial charge in [0.05, 0.1) is 19.3 Å². The standard InChI is InChI=1S/C17H19F2N3O3S/c18-14-3-4-15(19)17(10-14)26(23,24)21-12-16(13-2-1-5-20-11-13)22-6-8-25-9-7-22/h1-5,10-11,16,21H,6-9,12H2/t16-/m0/s1. The molecule has 0 bridgehead atoms. The van der Waals surface area contributed by atoms with Gasteiger partial charge in [-0.25, -0.2) is 21.9 Å². The summed E-state index contributed by atoms with van der Waals surface area (Å²) in [7, 11) is -4.20. The number of aromatic nitrogens is 1. The fourth-order valence-corrected chi connectivity index (χ4v) is 3.99. The Morgan fingerprint density at radius 2 is 2.00 bits per heavy atom. The van der Waals surface area contributed by atoms with Crippen molar-refractivity contribution >= 4 is 10.0 Å². The molecule has 1 aromatic heterocycles. The minimum Gasteiger partial charge on any atom is -0.379 e. The minimum atomic E-state index is -4.20. The molecule has 0 radical (unpaired) electrons. The lowest BCUT2D eigenvalue weighted by Gasteiger charge is -2.34. The Balaban J connectivity index is 1.82. The van der Waals surface area contributed by atoms with Crippen LogP contribution in [-0.2, 0) is 14.8 Å². The lowest BCUT2D eigenvalue weighted by atomic mass is 10.1. The van der Waals surface area contributed by atoms with E-state index in [0.717, 1.165) is 17.7 Å². The number of hydrogen-bond acceptors (Lipinski definition) is 5. The van der Waals surface area contributed by atoms with Crippen molar-refractivity contribution < 1.29 is 21.9 Å². The van der Waals surface area contributed by atoms with Gasteiger partial charge in [0.1, 0.15) is 16.5 Å². The first kappa shape index (κ1) is 18.8. The summed E-state index contributed by atoms with van der Waals surface area (Å²) in [6, 6.07) is 5.67. The summed E-state index contributed by atoms with van der Waals surface area (Å²) in [5, 5.41) is 0. The van der Waals surface area contributed by atoms with Gasteiger partial charge in [-0.3, -0.25) is 9.88 Å². The Kier molecular flexibility index (Phi) is 5.92. The van der Waals surface area contributed by atoms with Gasteiger partial charge < -0.3 is 4.74 Å². The van der Waals surface area contributed by atoms with Gasteiger partial charge in [0.2, 0.25) is 10.0 Å². The van der Waals surface area contributed by atoms with Crippen LogP contribution in [0.15, 0.2) is 47.6 Å². The molecule has 0 spiro atoms. The Morgan fingerprint density at radius 1 is 1.23 bits per heavy atom. The van der Waals surface area contributed by atoms with Crippen molar-refractivity contribution in [3.8, 4) is 0 Å². The molecule has 1 aromatic carbocycles. The molecule has 0 aliphatic carbocycles. The van der Waals surface area contributed by atoms with Crippen LogP contribution in [0.2, 0.25) is 0 Å². The van der Waals surface area contributed by atoms with E-state index < -0.39 is 26.6 Å². The second-order valence-electron chi connectivity index (χ2n) is 5.88. The summed E-state index contributed by atoms with van der Waals surface area (Å²) >= 11 is 0. The molecule has 2 aromatic rings. The monoisotopic (exact) mass is 383 g/mol. The molecule has 1 fully saturated rings. The van der Waals surface area contributed by atoms with Gasteiger partial charge in [-0.1, -0.05) is 6.07 Å². The second kappa shape index (κ2) is 8.17. The smallest absolute Gasteiger partial charge is 0.243 e. The number of morpholine rings is 1. The number of sulfonamides is 1. The first-order valence-corrected chi connectivity index (χ1v) is 9.62. The van der Waals surface area contributed by atoms with Gasteiger partial charge >= 0.3 is 0 Å². The van der Waals surface area contributed by atoms with E-state index in [1.807, 2.05) is 6.07 Å². The number of nitrogens with zero attached hydrogens (tertiary/aromatic N) is 2. The number of rotatable bonds is 6. The molecule has 2 heterocycles. The highest BCUT2D eigenvalue weighted by molar-refractivity contribution is 7.89. The van der Waals surface area contributed by atoms with E-state index in [1.165, 1.54) is 0 Å². The highest BCUT2D eigenvalue weighted by Crippen LogP contribution is 2.22. The number of benzene rings is 1. The summed E-state index contributed by atoms with van der Waals surface area (Å²) < 4.78 is 59.8. The quantitative estimate of drug-likeness (QED) is 0.822. The van der Waals surface area contributed by atoms with Crippen molar-refractivity contribution in [2.75, 3.05) is 32.8 Å². The predicted molar refractivity (Wildman–Crippen MR) is 90.9 cm³/mol. The maximum Gasteiger partial charge on any atom is 0.243 e. The highest BCUT2D eigenvalue weighted by Gasteiger charge is 2.26. The molecule has 3 rings (SSSR count). The van der Waals surface area contributed by atoms with Crippen molar-refractivity contribution in [1.29, 1.82) is 0 Å². The topological polar surface area (TPSA) is 71.5 Å². The summed E-state index contributed by atoms with van der Waals surface area (Å²) in [4.78, 5) is 5.45. The largest absolute Gasteiger partial charge is 0.379 e. The van der Waals surface area contributed by atoms with E-state index in [4.69, 9.17) is 4.74 Å². The Morgan fingerprint density at radius 3 is 2.69 bits per heavy atom. The highest BCUT2D eigenvalue weighted by atomic mass is 32.2. The SMILES string of the molecule is O=S(=O)(NC[C@@H](c1cccnc1)N1CCOCC1)c1cc(F)ccc1F. The molecule has 6 nitrogen and oxygen atoms in total. The van der Waals surface area contributed by atoms with Crippen molar-refractivity contribution in [3.05, 3.63) is 59.9 Å². The van der Waals surface area contributed by atoms with Gasteiger partial charge in [-0.05, 0) is 29.8 Å². The Hall–Kier alpha value is -1.94. The van der Waals surface area contributed by atoms with Gasteiger partial charge in [0, 0.05) is 32.0 Å². The van der Waals surface area contributed by atoms with Crippen LogP contribution in [0.1, 0.15) is 11.6 Å². The van der Waals surface area contributed by atoms with E-state index in [0.29, 0.717) is 32.4 Å². The molecule has 0 amide bonds. The van der Waals surface area contributed by atoms with Crippen molar-refractivity contribution in [2.45, 2.75) is 10.9 Å². The molecule has 26 heavy (non-hydrogen) atoms. The number of ether oxygens (including phenoxy) is 1. The van der Waals surface area contributed by atoms with Gasteiger partial charge in [0.15, 0.2) is 0 Å². The predicted octanol–water partition coefficient (Wildman–Crippen LogP) is 1.71. The molecule has 9 heteroatoms. The fourth-order valence-electron chi connectivity index (χ4n) is 2.87. The second-order valence-corrected chi connectivity index (χ2v) is 7.61. The van der Waals surface area contributed by atoms with Gasteiger partial charge in [-0.15, -0.1) is 0 Å². The van der Waals surface area contributed by atoms with Crippen LogP contribution >= 0.6 is 0 Å². The summed E-state index contributed by atoms with van der Waals surface area (Å²) in [6.45, 7) is 2.36. The van der Waals surface area contributed by atoms with Crippen molar-refractivity contribution in [2.24, 2.45) is 0 Å². The molecule has 1 atom stereocenters. The fraction of sp³-hybridized carbons (Fsp3) is 0.353. The lowest BCUT2D eigenvalue weighted by molar-refractivity contribution is 0.0171. The van der Waals surface area contributed by atoms with Crippen LogP contribution in [-0.4, -0.2) is 51.1 Å². The summed E-state index contributed by atoms with van der Waals surface area (Å²) in [5.41, 5.74) is 0.830. The zero-order valence-corrected chi connectivity index (χ0v) is 14.8. The Labute approximate surface area is 150 Å². The van der Waals surface area contributed by atoms with E-state index in [2.05, 4.69) is 14.6 Å². The summed E-state index contributed by atoms with van der Waals surface area (Å²) in [5.74, 6) is -1.81. The normalized spacial score (nSPS) is 17.2. The third kappa shape index (κ3) is 4.42. The number of nitrogens with one attached hydrogen (secondary N) is 1. The molecule has 1 saturated heterocycles. The first-order valence-electron chi connectivity index (χ1n) is 8.14. The molecule has 0 saturated carbocycles. The van der Waals surface area contributed by atoms with E-state index >= 15 is 0 Å². The molecule has 1 N–H and O–H groups in total. The third-order valence-electron chi connectivity index (χ3n) is 4.21. The third-order valence-corrected chi connectivity index (χ3v) is 5.64. The summed E-state index contributed by atoms with van der Waals surface area (Å²) in [6.07, 6.45) is 3.30. The number of hydrogen-bond donors (Lipinski definition) is 1. The molecule has 140 valence electrons. The molecule has 1 aliphatic heterocycles. The average molecular weight is 383 g/mol. The van der Waals surface area contributed by atoms with Crippen LogP contribution < -0.4 is 4.72 Å². The van der Waals surface area contributed by atoms with Crippen LogP contribution in [0.25, 0.3) is 0 Å². The number of pyridine rings is 1. The van der Waals surface area contributed by atoms with Crippen LogP contribution in [0.5, 0.6) is 0 Å². The first-order chi connectivity index (χ1) is 12.5. The van der Waals surface area contributed by atoms with E-state index in [9.17, 15) is 17.2 Å². The van der Waals surface area contributed by atoms with Crippen molar-refractivity contribution in [1.82, 2.24) is 14.6 Å². The van der Waals surface area contributed by atoms with Crippen molar-refractivity contribution in [3.63, 3.8) is 0 Å². The maximum absolute atomic E-state index is 13.8. The molecule has 0 unspecified atom stereocenters. The number of halogens is 2. The zero-order chi connectivity index (χ0) is 18.6. The lowest BCUT2D eigenvalue weighted by Crippen LogP contribution is -2.43. The minimum absolute atomic E-state index is 0.00395. The van der Waals surface area contributed by atoms with Gasteiger partial charge in [-0.2, -0.15) is 0 Å². The van der Waals surface area contributed by atoms with E-state index in [1.54, 1.807) is 18.5 Å².